The highest BCUT2D eigenvalue weighted by Gasteiger charge is 2.20. The number of anilines is 1. The van der Waals surface area contributed by atoms with Crippen LogP contribution >= 0.6 is 22.9 Å². The lowest BCUT2D eigenvalue weighted by atomic mass is 9.95. The van der Waals surface area contributed by atoms with Crippen LogP contribution in [-0.4, -0.2) is 16.3 Å². The van der Waals surface area contributed by atoms with Gasteiger partial charge in [0.05, 0.1) is 17.6 Å². The Labute approximate surface area is 164 Å². The monoisotopic (exact) mass is 399 g/mol. The van der Waals surface area contributed by atoms with E-state index in [9.17, 15) is 8.42 Å². The number of sulfonamides is 1. The third kappa shape index (κ3) is 4.78. The highest BCUT2D eigenvalue weighted by molar-refractivity contribution is 7.95. The second-order valence-electron chi connectivity index (χ2n) is 5.64. The average molecular weight is 400 g/mol. The molecule has 0 saturated heterocycles. The molecule has 0 aliphatic rings. The number of benzene rings is 2. The quantitative estimate of drug-likeness (QED) is 0.582. The van der Waals surface area contributed by atoms with Crippen molar-refractivity contribution in [3.05, 3.63) is 86.9 Å². The summed E-state index contributed by atoms with van der Waals surface area (Å²) in [5, 5.41) is 5.51. The fraction of sp³-hybridized carbons (Fsp3) is 0.0526. The molecule has 3 aromatic rings. The molecule has 130 valence electrons. The SMILES string of the molecule is [B]c1cccc(/C=C/S(=O)(=O)N(Cc2ccsc2)c2cccc(Cl)c2)c1. The van der Waals surface area contributed by atoms with Gasteiger partial charge in [-0.3, -0.25) is 4.31 Å². The number of halogens is 1. The van der Waals surface area contributed by atoms with Gasteiger partial charge >= 0.3 is 0 Å². The van der Waals surface area contributed by atoms with Crippen LogP contribution < -0.4 is 9.77 Å². The summed E-state index contributed by atoms with van der Waals surface area (Å²) in [5.74, 6) is 0. The topological polar surface area (TPSA) is 37.4 Å². The zero-order chi connectivity index (χ0) is 18.6. The van der Waals surface area contributed by atoms with E-state index in [1.54, 1.807) is 48.5 Å². The maximum Gasteiger partial charge on any atom is 0.257 e. The molecular weight excluding hydrogens is 385 g/mol. The molecule has 0 N–H and O–H groups in total. The Hall–Kier alpha value is -2.02. The first kappa shape index (κ1) is 18.8. The van der Waals surface area contributed by atoms with E-state index in [0.717, 1.165) is 11.1 Å². The second kappa shape index (κ2) is 8.12. The highest BCUT2D eigenvalue weighted by Crippen LogP contribution is 2.26. The number of nitrogens with zero attached hydrogens (tertiary/aromatic N) is 1. The van der Waals surface area contributed by atoms with Crippen molar-refractivity contribution in [2.45, 2.75) is 6.54 Å². The van der Waals surface area contributed by atoms with E-state index in [1.165, 1.54) is 27.1 Å². The fourth-order valence-electron chi connectivity index (χ4n) is 2.41. The second-order valence-corrected chi connectivity index (χ2v) is 8.60. The third-order valence-electron chi connectivity index (χ3n) is 3.65. The van der Waals surface area contributed by atoms with Crippen LogP contribution in [0.2, 0.25) is 5.02 Å². The summed E-state index contributed by atoms with van der Waals surface area (Å²) in [6.07, 6.45) is 1.54. The first-order chi connectivity index (χ1) is 12.4. The van der Waals surface area contributed by atoms with Crippen LogP contribution in [0.3, 0.4) is 0 Å². The van der Waals surface area contributed by atoms with E-state index in [1.807, 2.05) is 16.8 Å². The van der Waals surface area contributed by atoms with Gasteiger partial charge in [0.15, 0.2) is 0 Å². The Morgan fingerprint density at radius 3 is 2.62 bits per heavy atom. The van der Waals surface area contributed by atoms with Gasteiger partial charge in [0, 0.05) is 5.02 Å². The number of rotatable bonds is 6. The third-order valence-corrected chi connectivity index (χ3v) is 6.05. The van der Waals surface area contributed by atoms with Crippen molar-refractivity contribution < 1.29 is 8.42 Å². The minimum Gasteiger partial charge on any atom is -0.262 e. The summed E-state index contributed by atoms with van der Waals surface area (Å²) in [6, 6.07) is 15.8. The Morgan fingerprint density at radius 1 is 1.12 bits per heavy atom. The molecule has 0 atom stereocenters. The van der Waals surface area contributed by atoms with Crippen molar-refractivity contribution in [2.75, 3.05) is 4.31 Å². The smallest absolute Gasteiger partial charge is 0.257 e. The molecular formula is C19H15BClNO2S2. The number of hydrogen-bond donors (Lipinski definition) is 0. The van der Waals surface area contributed by atoms with Crippen molar-refractivity contribution in [1.29, 1.82) is 0 Å². The van der Waals surface area contributed by atoms with Crippen LogP contribution in [0.5, 0.6) is 0 Å². The van der Waals surface area contributed by atoms with Gasteiger partial charge in [-0.25, -0.2) is 8.42 Å². The standard InChI is InChI=1S/C19H15BClNO2S2/c20-17-4-1-3-15(11-17)8-10-26(23,24)22(13-16-7-9-25-14-16)19-6-2-5-18(21)12-19/h1-12,14H,13H2/b10-8+. The van der Waals surface area contributed by atoms with E-state index >= 15 is 0 Å². The van der Waals surface area contributed by atoms with Gasteiger partial charge in [0.2, 0.25) is 0 Å². The minimum absolute atomic E-state index is 0.230. The van der Waals surface area contributed by atoms with Gasteiger partial charge in [-0.15, -0.1) is 0 Å². The summed E-state index contributed by atoms with van der Waals surface area (Å²) >= 11 is 7.58. The molecule has 2 aromatic carbocycles. The summed E-state index contributed by atoms with van der Waals surface area (Å²) in [7, 11) is 2.03. The molecule has 0 aliphatic carbocycles. The van der Waals surface area contributed by atoms with Crippen LogP contribution in [0.4, 0.5) is 5.69 Å². The molecule has 7 heteroatoms. The van der Waals surface area contributed by atoms with Crippen molar-refractivity contribution in [3.8, 4) is 0 Å². The van der Waals surface area contributed by atoms with Crippen LogP contribution in [0, 0.1) is 0 Å². The lowest BCUT2D eigenvalue weighted by Gasteiger charge is -2.22. The molecule has 0 fully saturated rings. The Balaban J connectivity index is 1.96. The summed E-state index contributed by atoms with van der Waals surface area (Å²) in [6.45, 7) is 0.230. The zero-order valence-electron chi connectivity index (χ0n) is 13.7. The molecule has 0 amide bonds. The van der Waals surface area contributed by atoms with Gasteiger partial charge < -0.3 is 0 Å². The average Bonchev–Trinajstić information content (AvgIpc) is 3.11. The molecule has 0 unspecified atom stereocenters. The Bertz CT molecular complexity index is 1020. The highest BCUT2D eigenvalue weighted by atomic mass is 35.5. The molecule has 3 nitrogen and oxygen atoms in total. The lowest BCUT2D eigenvalue weighted by Crippen LogP contribution is -2.28. The lowest BCUT2D eigenvalue weighted by molar-refractivity contribution is 0.599. The van der Waals surface area contributed by atoms with Crippen LogP contribution in [0.1, 0.15) is 11.1 Å². The summed E-state index contributed by atoms with van der Waals surface area (Å²) in [5.41, 5.74) is 2.72. The summed E-state index contributed by atoms with van der Waals surface area (Å²) < 4.78 is 27.3. The van der Waals surface area contributed by atoms with E-state index in [2.05, 4.69) is 0 Å². The molecule has 1 heterocycles. The first-order valence-corrected chi connectivity index (χ1v) is 10.6. The predicted octanol–water partition coefficient (Wildman–Crippen LogP) is 4.20. The molecule has 3 rings (SSSR count). The van der Waals surface area contributed by atoms with Gasteiger partial charge in [0.1, 0.15) is 7.85 Å². The van der Waals surface area contributed by atoms with Gasteiger partial charge in [-0.2, -0.15) is 11.3 Å². The molecule has 0 bridgehead atoms. The summed E-state index contributed by atoms with van der Waals surface area (Å²) in [4.78, 5) is 0. The van der Waals surface area contributed by atoms with Gasteiger partial charge in [-0.05, 0) is 52.2 Å². The van der Waals surface area contributed by atoms with Crippen molar-refractivity contribution in [1.82, 2.24) is 0 Å². The van der Waals surface area contributed by atoms with E-state index in [4.69, 9.17) is 19.4 Å². The molecule has 1 aromatic heterocycles. The van der Waals surface area contributed by atoms with Crippen molar-refractivity contribution in [2.24, 2.45) is 0 Å². The van der Waals surface area contributed by atoms with Crippen molar-refractivity contribution >= 4 is 58.0 Å². The maximum atomic E-state index is 13.0. The van der Waals surface area contributed by atoms with Crippen LogP contribution in [0.25, 0.3) is 6.08 Å². The van der Waals surface area contributed by atoms with Crippen LogP contribution in [0.15, 0.2) is 70.8 Å². The van der Waals surface area contributed by atoms with Crippen LogP contribution in [-0.2, 0) is 16.6 Å². The van der Waals surface area contributed by atoms with Gasteiger partial charge in [0.25, 0.3) is 10.0 Å². The molecule has 26 heavy (non-hydrogen) atoms. The maximum absolute atomic E-state index is 13.0. The number of thiophene rings is 1. The largest absolute Gasteiger partial charge is 0.262 e. The van der Waals surface area contributed by atoms with Gasteiger partial charge in [-0.1, -0.05) is 47.4 Å². The van der Waals surface area contributed by atoms with E-state index < -0.39 is 10.0 Å². The van der Waals surface area contributed by atoms with Crippen molar-refractivity contribution in [3.63, 3.8) is 0 Å². The zero-order valence-corrected chi connectivity index (χ0v) is 16.1. The normalized spacial score (nSPS) is 11.7. The molecule has 0 saturated carbocycles. The Morgan fingerprint density at radius 2 is 1.92 bits per heavy atom. The minimum atomic E-state index is -3.72. The first-order valence-electron chi connectivity index (χ1n) is 7.77. The molecule has 0 spiro atoms. The molecule has 2 radical (unpaired) electrons. The fourth-order valence-corrected chi connectivity index (χ4v) is 4.47. The van der Waals surface area contributed by atoms with E-state index in [0.29, 0.717) is 16.2 Å². The predicted molar refractivity (Wildman–Crippen MR) is 112 cm³/mol. The Kier molecular flexibility index (Phi) is 5.86. The number of hydrogen-bond acceptors (Lipinski definition) is 3. The van der Waals surface area contributed by atoms with E-state index in [-0.39, 0.29) is 6.54 Å². The molecule has 0 aliphatic heterocycles.